The van der Waals surface area contributed by atoms with Crippen molar-refractivity contribution in [3.05, 3.63) is 58.0 Å². The summed E-state index contributed by atoms with van der Waals surface area (Å²) in [4.78, 5) is 6.49. The smallest absolute Gasteiger partial charge is 0.123 e. The molecule has 2 saturated heterocycles. The number of benzene rings is 1. The monoisotopic (exact) mass is 360 g/mol. The Kier molecular flexibility index (Phi) is 5.17. The van der Waals surface area contributed by atoms with Gasteiger partial charge in [0.05, 0.1) is 13.2 Å². The van der Waals surface area contributed by atoms with Crippen molar-refractivity contribution in [3.8, 4) is 0 Å². The summed E-state index contributed by atoms with van der Waals surface area (Å²) in [5, 5.41) is 2.15. The van der Waals surface area contributed by atoms with Crippen molar-refractivity contribution in [2.45, 2.75) is 19.5 Å². The summed E-state index contributed by atoms with van der Waals surface area (Å²) in [5.74, 6) is -0.167. The molecule has 1 spiro atoms. The van der Waals surface area contributed by atoms with Crippen LogP contribution in [-0.4, -0.2) is 49.2 Å². The summed E-state index contributed by atoms with van der Waals surface area (Å²) < 4.78 is 19.1. The Balaban J connectivity index is 1.40. The first-order valence-corrected chi connectivity index (χ1v) is 9.88. The molecule has 0 aliphatic carbocycles. The lowest BCUT2D eigenvalue weighted by molar-refractivity contribution is 0.0707. The number of nitrogens with zero attached hydrogens (tertiary/aromatic N) is 2. The molecule has 1 atom stereocenters. The number of rotatable bonds is 4. The lowest BCUT2D eigenvalue weighted by Gasteiger charge is -2.32. The standard InChI is InChI=1S/C20H25FN2OS/c21-18-5-3-17(4-6-18)12-23-9-10-24-16-20(15-23)7-8-22(14-20)13-19-2-1-11-25-19/h1-6,11H,7-10,12-16H2/t20-/m0/s1. The van der Waals surface area contributed by atoms with Crippen molar-refractivity contribution in [2.75, 3.05) is 39.4 Å². The van der Waals surface area contributed by atoms with Crippen LogP contribution in [0.5, 0.6) is 0 Å². The van der Waals surface area contributed by atoms with Crippen molar-refractivity contribution < 1.29 is 9.13 Å². The van der Waals surface area contributed by atoms with Gasteiger partial charge in [-0.05, 0) is 42.1 Å². The maximum atomic E-state index is 13.1. The predicted octanol–water partition coefficient (Wildman–Crippen LogP) is 3.61. The normalized spacial score (nSPS) is 25.5. The van der Waals surface area contributed by atoms with Gasteiger partial charge in [0.2, 0.25) is 0 Å². The fourth-order valence-electron chi connectivity index (χ4n) is 4.10. The zero-order valence-electron chi connectivity index (χ0n) is 14.5. The first-order valence-electron chi connectivity index (χ1n) is 9.00. The van der Waals surface area contributed by atoms with Crippen LogP contribution in [0.4, 0.5) is 4.39 Å². The highest BCUT2D eigenvalue weighted by Gasteiger charge is 2.41. The zero-order chi connectivity index (χ0) is 17.1. The van der Waals surface area contributed by atoms with Crippen LogP contribution in [0.2, 0.25) is 0 Å². The van der Waals surface area contributed by atoms with Crippen LogP contribution >= 0.6 is 11.3 Å². The number of thiophene rings is 1. The molecule has 25 heavy (non-hydrogen) atoms. The Bertz CT molecular complexity index is 676. The van der Waals surface area contributed by atoms with Crippen molar-refractivity contribution in [2.24, 2.45) is 5.41 Å². The van der Waals surface area contributed by atoms with Crippen LogP contribution in [0.1, 0.15) is 16.9 Å². The van der Waals surface area contributed by atoms with Gasteiger partial charge in [-0.3, -0.25) is 9.80 Å². The minimum atomic E-state index is -0.167. The van der Waals surface area contributed by atoms with Gasteiger partial charge in [0.1, 0.15) is 5.82 Å². The van der Waals surface area contributed by atoms with E-state index >= 15 is 0 Å². The topological polar surface area (TPSA) is 15.7 Å². The molecule has 0 saturated carbocycles. The van der Waals surface area contributed by atoms with Crippen LogP contribution in [0.3, 0.4) is 0 Å². The third kappa shape index (κ3) is 4.29. The lowest BCUT2D eigenvalue weighted by atomic mass is 9.87. The van der Waals surface area contributed by atoms with Gasteiger partial charge >= 0.3 is 0 Å². The number of hydrogen-bond donors (Lipinski definition) is 0. The van der Waals surface area contributed by atoms with Crippen LogP contribution in [0.15, 0.2) is 41.8 Å². The second kappa shape index (κ2) is 7.54. The SMILES string of the molecule is Fc1ccc(CN2CCOC[C@]3(CCN(Cc4cccs4)C3)C2)cc1. The molecule has 0 radical (unpaired) electrons. The minimum Gasteiger partial charge on any atom is -0.379 e. The predicted molar refractivity (Wildman–Crippen MR) is 99.1 cm³/mol. The summed E-state index contributed by atoms with van der Waals surface area (Å²) >= 11 is 1.84. The largest absolute Gasteiger partial charge is 0.379 e. The molecule has 3 nitrogen and oxygen atoms in total. The molecule has 1 aromatic carbocycles. The van der Waals surface area contributed by atoms with Gasteiger partial charge in [-0.25, -0.2) is 4.39 Å². The molecule has 1 aromatic heterocycles. The molecule has 0 bridgehead atoms. The van der Waals surface area contributed by atoms with E-state index in [-0.39, 0.29) is 11.2 Å². The van der Waals surface area contributed by atoms with Gasteiger partial charge < -0.3 is 4.74 Å². The third-order valence-electron chi connectivity index (χ3n) is 5.32. The summed E-state index contributed by atoms with van der Waals surface area (Å²) in [7, 11) is 0. The third-order valence-corrected chi connectivity index (χ3v) is 6.18. The first kappa shape index (κ1) is 17.2. The summed E-state index contributed by atoms with van der Waals surface area (Å²) in [5.41, 5.74) is 1.40. The van der Waals surface area contributed by atoms with Gasteiger partial charge in [0.25, 0.3) is 0 Å². The van der Waals surface area contributed by atoms with E-state index in [9.17, 15) is 4.39 Å². The Hall–Kier alpha value is -1.27. The van der Waals surface area contributed by atoms with Crippen molar-refractivity contribution in [1.29, 1.82) is 0 Å². The second-order valence-electron chi connectivity index (χ2n) is 7.43. The maximum absolute atomic E-state index is 13.1. The highest BCUT2D eigenvalue weighted by atomic mass is 32.1. The van der Waals surface area contributed by atoms with Crippen LogP contribution in [-0.2, 0) is 17.8 Å². The maximum Gasteiger partial charge on any atom is 0.123 e. The van der Waals surface area contributed by atoms with Crippen LogP contribution in [0, 0.1) is 11.2 Å². The second-order valence-corrected chi connectivity index (χ2v) is 8.46. The van der Waals surface area contributed by atoms with Gasteiger partial charge in [-0.15, -0.1) is 11.3 Å². The molecular formula is C20H25FN2OS. The molecule has 2 aromatic rings. The molecule has 3 heterocycles. The summed E-state index contributed by atoms with van der Waals surface area (Å²) in [6.07, 6.45) is 1.19. The first-order chi connectivity index (χ1) is 12.2. The van der Waals surface area contributed by atoms with E-state index in [2.05, 4.69) is 27.3 Å². The fraction of sp³-hybridized carbons (Fsp3) is 0.500. The van der Waals surface area contributed by atoms with Crippen molar-refractivity contribution in [1.82, 2.24) is 9.80 Å². The average Bonchev–Trinajstić information content (AvgIpc) is 3.20. The molecular weight excluding hydrogens is 335 g/mol. The number of ether oxygens (including phenoxy) is 1. The Labute approximate surface area is 153 Å². The number of halogens is 1. The average molecular weight is 360 g/mol. The lowest BCUT2D eigenvalue weighted by Crippen LogP contribution is -2.40. The van der Waals surface area contributed by atoms with Gasteiger partial charge in [-0.1, -0.05) is 18.2 Å². The molecule has 4 rings (SSSR count). The quantitative estimate of drug-likeness (QED) is 0.828. The molecule has 0 unspecified atom stereocenters. The van der Waals surface area contributed by atoms with Crippen molar-refractivity contribution in [3.63, 3.8) is 0 Å². The molecule has 0 amide bonds. The molecule has 2 fully saturated rings. The highest BCUT2D eigenvalue weighted by molar-refractivity contribution is 7.09. The fourth-order valence-corrected chi connectivity index (χ4v) is 4.84. The molecule has 5 heteroatoms. The van der Waals surface area contributed by atoms with Crippen LogP contribution in [0.25, 0.3) is 0 Å². The van der Waals surface area contributed by atoms with Crippen molar-refractivity contribution >= 4 is 11.3 Å². The van der Waals surface area contributed by atoms with Gasteiger partial charge in [0.15, 0.2) is 0 Å². The Morgan fingerprint density at radius 3 is 2.60 bits per heavy atom. The molecule has 2 aliphatic rings. The summed E-state index contributed by atoms with van der Waals surface area (Å²) in [6, 6.07) is 11.2. The number of likely N-dealkylation sites (tertiary alicyclic amines) is 1. The molecule has 0 N–H and O–H groups in total. The summed E-state index contributed by atoms with van der Waals surface area (Å²) in [6.45, 7) is 7.82. The van der Waals surface area contributed by atoms with E-state index < -0.39 is 0 Å². The zero-order valence-corrected chi connectivity index (χ0v) is 15.3. The van der Waals surface area contributed by atoms with E-state index in [4.69, 9.17) is 4.74 Å². The molecule has 2 aliphatic heterocycles. The number of hydrogen-bond acceptors (Lipinski definition) is 4. The van der Waals surface area contributed by atoms with E-state index in [1.807, 2.05) is 23.5 Å². The van der Waals surface area contributed by atoms with Gasteiger partial charge in [-0.2, -0.15) is 0 Å². The van der Waals surface area contributed by atoms with E-state index in [1.165, 1.54) is 16.9 Å². The van der Waals surface area contributed by atoms with E-state index in [0.29, 0.717) is 0 Å². The minimum absolute atomic E-state index is 0.167. The van der Waals surface area contributed by atoms with Gasteiger partial charge in [0, 0.05) is 43.0 Å². The highest BCUT2D eigenvalue weighted by Crippen LogP contribution is 2.35. The Morgan fingerprint density at radius 2 is 1.84 bits per heavy atom. The van der Waals surface area contributed by atoms with Crippen LogP contribution < -0.4 is 0 Å². The Morgan fingerprint density at radius 1 is 1.04 bits per heavy atom. The van der Waals surface area contributed by atoms with E-state index in [1.54, 1.807) is 12.1 Å². The molecule has 134 valence electrons. The van der Waals surface area contributed by atoms with E-state index in [0.717, 1.165) is 52.5 Å².